The van der Waals surface area contributed by atoms with Gasteiger partial charge in [-0.1, -0.05) is 11.6 Å². The Kier molecular flexibility index (Phi) is 3.28. The van der Waals surface area contributed by atoms with E-state index in [2.05, 4.69) is 0 Å². The van der Waals surface area contributed by atoms with E-state index in [0.29, 0.717) is 0 Å². The van der Waals surface area contributed by atoms with Gasteiger partial charge in [0.2, 0.25) is 0 Å². The predicted octanol–water partition coefficient (Wildman–Crippen LogP) is 2.10. The fraction of sp³-hybridized carbons (Fsp3) is 0.222. The van der Waals surface area contributed by atoms with Crippen LogP contribution in [0.1, 0.15) is 18.0 Å². The highest BCUT2D eigenvalue weighted by Gasteiger charge is 2.18. The van der Waals surface area contributed by atoms with Gasteiger partial charge in [-0.25, -0.2) is 4.39 Å². The van der Waals surface area contributed by atoms with Crippen molar-refractivity contribution in [3.63, 3.8) is 0 Å². The molecule has 0 radical (unpaired) electrons. The topological polar surface area (TPSA) is 70.0 Å². The van der Waals surface area contributed by atoms with Crippen molar-refractivity contribution in [2.24, 2.45) is 5.73 Å². The zero-order chi connectivity index (χ0) is 10.7. The summed E-state index contributed by atoms with van der Waals surface area (Å²) >= 11 is 5.57. The normalized spacial score (nSPS) is 12.1. The van der Waals surface area contributed by atoms with Crippen LogP contribution < -0.4 is 5.73 Å². The maximum absolute atomic E-state index is 13.2. The van der Waals surface area contributed by atoms with E-state index in [1.165, 1.54) is 6.07 Å². The van der Waals surface area contributed by atoms with Crippen LogP contribution >= 0.6 is 11.6 Å². The summed E-state index contributed by atoms with van der Waals surface area (Å²) in [6.07, 6.45) is -0.0785. The monoisotopic (exact) mass is 214 g/mol. The fourth-order valence-corrected chi connectivity index (χ4v) is 1.27. The molecule has 0 unspecified atom stereocenters. The van der Waals surface area contributed by atoms with Crippen LogP contribution in [0, 0.1) is 17.1 Å². The van der Waals surface area contributed by atoms with E-state index in [0.717, 1.165) is 6.07 Å². The van der Waals surface area contributed by atoms with E-state index in [9.17, 15) is 9.50 Å². The lowest BCUT2D eigenvalue weighted by atomic mass is 10.0. The first-order valence-electron chi connectivity index (χ1n) is 3.87. The molecule has 1 rings (SSSR count). The van der Waals surface area contributed by atoms with E-state index in [4.69, 9.17) is 22.6 Å². The first-order valence-corrected chi connectivity index (χ1v) is 4.25. The van der Waals surface area contributed by atoms with Crippen LogP contribution in [0.15, 0.2) is 12.1 Å². The zero-order valence-electron chi connectivity index (χ0n) is 7.17. The van der Waals surface area contributed by atoms with Crippen LogP contribution in [0.4, 0.5) is 4.39 Å². The summed E-state index contributed by atoms with van der Waals surface area (Å²) in [5.74, 6) is -1.05. The Labute approximate surface area is 85.5 Å². The largest absolute Gasteiger partial charge is 0.506 e. The molecule has 74 valence electrons. The summed E-state index contributed by atoms with van der Waals surface area (Å²) in [6, 6.07) is 3.27. The molecule has 0 saturated carbocycles. The number of hydrogen-bond donors (Lipinski definition) is 2. The van der Waals surface area contributed by atoms with Gasteiger partial charge in [-0.15, -0.1) is 0 Å². The third-order valence-electron chi connectivity index (χ3n) is 1.80. The molecule has 3 nitrogen and oxygen atoms in total. The van der Waals surface area contributed by atoms with Gasteiger partial charge >= 0.3 is 0 Å². The molecular weight excluding hydrogens is 207 g/mol. The number of phenols is 1. The van der Waals surface area contributed by atoms with Crippen LogP contribution in [-0.4, -0.2) is 5.11 Å². The first kappa shape index (κ1) is 10.8. The van der Waals surface area contributed by atoms with Gasteiger partial charge in [-0.3, -0.25) is 0 Å². The number of nitrogens with zero attached hydrogens (tertiary/aromatic N) is 1. The molecule has 1 aromatic rings. The summed E-state index contributed by atoms with van der Waals surface area (Å²) < 4.78 is 13.2. The van der Waals surface area contributed by atoms with Crippen molar-refractivity contribution in [1.29, 1.82) is 5.26 Å². The second kappa shape index (κ2) is 4.27. The molecule has 0 aromatic heterocycles. The molecule has 0 aliphatic heterocycles. The number of aromatic hydroxyl groups is 1. The Hall–Kier alpha value is -1.31. The number of benzene rings is 1. The minimum atomic E-state index is -0.862. The molecule has 0 spiro atoms. The van der Waals surface area contributed by atoms with Crippen molar-refractivity contribution in [3.8, 4) is 11.8 Å². The minimum absolute atomic E-state index is 0.0230. The van der Waals surface area contributed by atoms with Crippen LogP contribution in [-0.2, 0) is 0 Å². The van der Waals surface area contributed by atoms with Crippen LogP contribution in [0.25, 0.3) is 0 Å². The van der Waals surface area contributed by atoms with Gasteiger partial charge in [0.05, 0.1) is 17.5 Å². The molecule has 14 heavy (non-hydrogen) atoms. The number of hydrogen-bond acceptors (Lipinski definition) is 3. The Morgan fingerprint density at radius 3 is 2.86 bits per heavy atom. The summed E-state index contributed by atoms with van der Waals surface area (Å²) in [6.45, 7) is 0. The lowest BCUT2D eigenvalue weighted by molar-refractivity contribution is 0.450. The van der Waals surface area contributed by atoms with E-state index in [-0.39, 0.29) is 17.0 Å². The van der Waals surface area contributed by atoms with Crippen molar-refractivity contribution in [3.05, 3.63) is 28.5 Å². The average Bonchev–Trinajstić information content (AvgIpc) is 2.13. The van der Waals surface area contributed by atoms with E-state index < -0.39 is 17.6 Å². The second-order valence-electron chi connectivity index (χ2n) is 2.76. The summed E-state index contributed by atoms with van der Waals surface area (Å²) in [4.78, 5) is 0. The molecule has 0 saturated heterocycles. The SMILES string of the molecule is N#CC[C@H](N)c1c(F)ccc(Cl)c1O. The molecule has 0 heterocycles. The van der Waals surface area contributed by atoms with Gasteiger partial charge in [-0.2, -0.15) is 5.26 Å². The van der Waals surface area contributed by atoms with Crippen LogP contribution in [0.5, 0.6) is 5.75 Å². The van der Waals surface area contributed by atoms with Crippen molar-refractivity contribution >= 4 is 11.6 Å². The van der Waals surface area contributed by atoms with Crippen molar-refractivity contribution in [2.75, 3.05) is 0 Å². The molecule has 0 aliphatic carbocycles. The second-order valence-corrected chi connectivity index (χ2v) is 3.17. The lowest BCUT2D eigenvalue weighted by Crippen LogP contribution is -2.11. The number of phenolic OH excluding ortho intramolecular Hbond substituents is 1. The minimum Gasteiger partial charge on any atom is -0.506 e. The van der Waals surface area contributed by atoms with Crippen molar-refractivity contribution in [1.82, 2.24) is 0 Å². The van der Waals surface area contributed by atoms with Crippen LogP contribution in [0.2, 0.25) is 5.02 Å². The smallest absolute Gasteiger partial charge is 0.141 e. The molecule has 1 atom stereocenters. The number of halogens is 2. The Morgan fingerprint density at radius 2 is 2.29 bits per heavy atom. The van der Waals surface area contributed by atoms with Crippen molar-refractivity contribution in [2.45, 2.75) is 12.5 Å². The maximum atomic E-state index is 13.2. The Morgan fingerprint density at radius 1 is 1.64 bits per heavy atom. The third-order valence-corrected chi connectivity index (χ3v) is 2.10. The lowest BCUT2D eigenvalue weighted by Gasteiger charge is -2.11. The number of rotatable bonds is 2. The number of nitriles is 1. The fourth-order valence-electron chi connectivity index (χ4n) is 1.11. The molecular formula is C9H8ClFN2O. The first-order chi connectivity index (χ1) is 6.57. The maximum Gasteiger partial charge on any atom is 0.141 e. The molecule has 3 N–H and O–H groups in total. The van der Waals surface area contributed by atoms with Gasteiger partial charge in [-0.05, 0) is 12.1 Å². The third kappa shape index (κ3) is 1.95. The molecule has 1 aromatic carbocycles. The highest BCUT2D eigenvalue weighted by atomic mass is 35.5. The van der Waals surface area contributed by atoms with E-state index in [1.807, 2.05) is 0 Å². The summed E-state index contributed by atoms with van der Waals surface area (Å²) in [5, 5.41) is 17.8. The van der Waals surface area contributed by atoms with E-state index >= 15 is 0 Å². The predicted molar refractivity (Wildman–Crippen MR) is 50.2 cm³/mol. The van der Waals surface area contributed by atoms with Crippen LogP contribution in [0.3, 0.4) is 0 Å². The summed E-state index contributed by atoms with van der Waals surface area (Å²) in [5.41, 5.74) is 5.38. The van der Waals surface area contributed by atoms with Gasteiger partial charge in [0, 0.05) is 11.6 Å². The van der Waals surface area contributed by atoms with Gasteiger partial charge in [0.1, 0.15) is 11.6 Å². The van der Waals surface area contributed by atoms with Gasteiger partial charge in [0.25, 0.3) is 0 Å². The quantitative estimate of drug-likeness (QED) is 0.792. The summed E-state index contributed by atoms with van der Waals surface area (Å²) in [7, 11) is 0. The Bertz CT molecular complexity index is 389. The number of nitrogens with two attached hydrogens (primary N) is 1. The molecule has 0 amide bonds. The highest BCUT2D eigenvalue weighted by molar-refractivity contribution is 6.32. The Balaban J connectivity index is 3.19. The molecule has 0 aliphatic rings. The van der Waals surface area contributed by atoms with Gasteiger partial charge < -0.3 is 10.8 Å². The van der Waals surface area contributed by atoms with Crippen molar-refractivity contribution < 1.29 is 9.50 Å². The van der Waals surface area contributed by atoms with E-state index in [1.54, 1.807) is 6.07 Å². The standard InChI is InChI=1S/C9H8ClFN2O/c10-5-1-2-6(11)8(9(5)14)7(13)3-4-12/h1-2,7,14H,3,13H2/t7-/m0/s1. The molecule has 5 heteroatoms. The molecule has 0 fully saturated rings. The average molecular weight is 215 g/mol. The highest BCUT2D eigenvalue weighted by Crippen LogP contribution is 2.33. The zero-order valence-corrected chi connectivity index (χ0v) is 7.92. The molecule has 0 bridgehead atoms. The van der Waals surface area contributed by atoms with Gasteiger partial charge in [0.15, 0.2) is 0 Å².